The highest BCUT2D eigenvalue weighted by Crippen LogP contribution is 2.26. The number of carbonyl (C=O) groups is 1. The molecule has 1 amide bonds. The maximum absolute atomic E-state index is 12.7. The van der Waals surface area contributed by atoms with Crippen LogP contribution in [0.5, 0.6) is 0 Å². The monoisotopic (exact) mass is 500 g/mol. The number of ether oxygens (including phenoxy) is 1. The Hall–Kier alpha value is -2.94. The molecular formula is C24H26Cl2N6O2. The van der Waals surface area contributed by atoms with Gasteiger partial charge in [0.2, 0.25) is 5.95 Å². The Labute approximate surface area is 208 Å². The Balaban J connectivity index is 1.54. The number of halogens is 2. The van der Waals surface area contributed by atoms with Crippen molar-refractivity contribution in [3.63, 3.8) is 0 Å². The zero-order valence-electron chi connectivity index (χ0n) is 19.2. The van der Waals surface area contributed by atoms with E-state index in [9.17, 15) is 4.79 Å². The molecule has 34 heavy (non-hydrogen) atoms. The van der Waals surface area contributed by atoms with Gasteiger partial charge >= 0.3 is 0 Å². The summed E-state index contributed by atoms with van der Waals surface area (Å²) in [5, 5.41) is 6.62. The SMILES string of the molecule is CCc1cc(Nc2cc(NC(=O)c3c(Cl)cccc3Cl)ccn2)nc(N2CC(C)OC(C)C2)n1. The zero-order valence-corrected chi connectivity index (χ0v) is 20.7. The zero-order chi connectivity index (χ0) is 24.2. The van der Waals surface area contributed by atoms with Crippen LogP contribution in [-0.2, 0) is 11.2 Å². The van der Waals surface area contributed by atoms with Crippen LogP contribution in [-0.4, -0.2) is 46.2 Å². The van der Waals surface area contributed by atoms with E-state index in [1.807, 2.05) is 19.9 Å². The third-order valence-corrected chi connectivity index (χ3v) is 5.93. The number of nitrogens with zero attached hydrogens (tertiary/aromatic N) is 4. The molecule has 10 heteroatoms. The predicted molar refractivity (Wildman–Crippen MR) is 136 cm³/mol. The van der Waals surface area contributed by atoms with Crippen LogP contribution >= 0.6 is 23.2 Å². The molecule has 2 N–H and O–H groups in total. The molecule has 1 aliphatic heterocycles. The van der Waals surface area contributed by atoms with E-state index >= 15 is 0 Å². The molecule has 3 heterocycles. The number of carbonyl (C=O) groups excluding carboxylic acids is 1. The Kier molecular flexibility index (Phi) is 7.50. The third kappa shape index (κ3) is 5.75. The summed E-state index contributed by atoms with van der Waals surface area (Å²) in [6.07, 6.45) is 2.56. The number of hydrogen-bond acceptors (Lipinski definition) is 7. The van der Waals surface area contributed by atoms with Crippen molar-refractivity contribution in [1.29, 1.82) is 0 Å². The van der Waals surface area contributed by atoms with E-state index in [1.165, 1.54) is 0 Å². The van der Waals surface area contributed by atoms with Crippen molar-refractivity contribution >= 4 is 52.4 Å². The van der Waals surface area contributed by atoms with Gasteiger partial charge in [0.05, 0.1) is 27.8 Å². The minimum absolute atomic E-state index is 0.0997. The van der Waals surface area contributed by atoms with Crippen LogP contribution in [0.4, 0.5) is 23.3 Å². The summed E-state index contributed by atoms with van der Waals surface area (Å²) in [5.74, 6) is 1.40. The molecule has 4 rings (SSSR count). The number of anilines is 4. The third-order valence-electron chi connectivity index (χ3n) is 5.30. The number of morpholine rings is 1. The smallest absolute Gasteiger partial charge is 0.258 e. The number of hydrogen-bond donors (Lipinski definition) is 2. The Morgan fingerprint density at radius 2 is 1.79 bits per heavy atom. The lowest BCUT2D eigenvalue weighted by molar-refractivity contribution is -0.00572. The standard InChI is InChI=1S/C24H26Cl2N6O2/c1-4-16-10-21(31-24(29-16)32-12-14(2)34-15(3)13-32)30-20-11-17(8-9-27-20)28-23(33)22-18(25)6-5-7-19(22)26/h5-11,14-15H,4,12-13H2,1-3H3,(H2,27,28,29,30,31,33). The number of aryl methyl sites for hydroxylation is 1. The van der Waals surface area contributed by atoms with E-state index in [-0.39, 0.29) is 27.8 Å². The summed E-state index contributed by atoms with van der Waals surface area (Å²) in [6.45, 7) is 7.59. The number of pyridine rings is 1. The predicted octanol–water partition coefficient (Wildman–Crippen LogP) is 5.35. The first-order chi connectivity index (χ1) is 16.3. The molecule has 8 nitrogen and oxygen atoms in total. The first-order valence-corrected chi connectivity index (χ1v) is 11.8. The average molecular weight is 501 g/mol. The molecule has 0 bridgehead atoms. The fourth-order valence-corrected chi connectivity index (χ4v) is 4.40. The van der Waals surface area contributed by atoms with Crippen LogP contribution in [0.3, 0.4) is 0 Å². The molecule has 1 saturated heterocycles. The second-order valence-corrected chi connectivity index (χ2v) is 8.98. The molecule has 178 valence electrons. The first kappa shape index (κ1) is 24.2. The van der Waals surface area contributed by atoms with Crippen molar-refractivity contribution in [3.8, 4) is 0 Å². The molecule has 1 aliphatic rings. The number of nitrogens with one attached hydrogen (secondary N) is 2. The lowest BCUT2D eigenvalue weighted by atomic mass is 10.2. The van der Waals surface area contributed by atoms with Gasteiger partial charge in [-0.15, -0.1) is 0 Å². The van der Waals surface area contributed by atoms with E-state index in [4.69, 9.17) is 37.9 Å². The van der Waals surface area contributed by atoms with Gasteiger partial charge in [0.1, 0.15) is 11.6 Å². The fourth-order valence-electron chi connectivity index (χ4n) is 3.83. The Morgan fingerprint density at radius 1 is 1.09 bits per heavy atom. The molecule has 3 aromatic rings. The van der Waals surface area contributed by atoms with Gasteiger partial charge < -0.3 is 20.3 Å². The Morgan fingerprint density at radius 3 is 2.47 bits per heavy atom. The number of rotatable bonds is 6. The highest BCUT2D eigenvalue weighted by molar-refractivity contribution is 6.40. The molecule has 0 radical (unpaired) electrons. The number of aromatic nitrogens is 3. The minimum atomic E-state index is -0.402. The lowest BCUT2D eigenvalue weighted by Crippen LogP contribution is -2.46. The average Bonchev–Trinajstić information content (AvgIpc) is 2.78. The molecule has 0 spiro atoms. The van der Waals surface area contributed by atoms with Gasteiger partial charge in [-0.25, -0.2) is 9.97 Å². The summed E-state index contributed by atoms with van der Waals surface area (Å²) in [5.41, 5.74) is 1.68. The molecule has 2 aromatic heterocycles. The maximum Gasteiger partial charge on any atom is 0.258 e. The maximum atomic E-state index is 12.7. The van der Waals surface area contributed by atoms with Crippen molar-refractivity contribution in [2.24, 2.45) is 0 Å². The van der Waals surface area contributed by atoms with E-state index in [0.29, 0.717) is 23.3 Å². The molecular weight excluding hydrogens is 475 g/mol. The molecule has 2 atom stereocenters. The van der Waals surface area contributed by atoms with Gasteiger partial charge in [0.25, 0.3) is 5.91 Å². The second-order valence-electron chi connectivity index (χ2n) is 8.17. The summed E-state index contributed by atoms with van der Waals surface area (Å²) in [4.78, 5) is 28.7. The highest BCUT2D eigenvalue weighted by Gasteiger charge is 2.24. The van der Waals surface area contributed by atoms with Crippen LogP contribution in [0.25, 0.3) is 0 Å². The molecule has 0 aliphatic carbocycles. The quantitative estimate of drug-likeness (QED) is 0.471. The summed E-state index contributed by atoms with van der Waals surface area (Å²) in [7, 11) is 0. The van der Waals surface area contributed by atoms with Crippen molar-refractivity contribution in [3.05, 3.63) is 63.9 Å². The summed E-state index contributed by atoms with van der Waals surface area (Å²) >= 11 is 12.3. The highest BCUT2D eigenvalue weighted by atomic mass is 35.5. The van der Waals surface area contributed by atoms with Crippen molar-refractivity contribution in [1.82, 2.24) is 15.0 Å². The second kappa shape index (κ2) is 10.5. The van der Waals surface area contributed by atoms with Crippen LogP contribution < -0.4 is 15.5 Å². The van der Waals surface area contributed by atoms with Crippen molar-refractivity contribution < 1.29 is 9.53 Å². The normalized spacial score (nSPS) is 18.0. The van der Waals surface area contributed by atoms with Crippen molar-refractivity contribution in [2.45, 2.75) is 39.4 Å². The van der Waals surface area contributed by atoms with Crippen LogP contribution in [0.1, 0.15) is 36.8 Å². The fraction of sp³-hybridized carbons (Fsp3) is 0.333. The number of amides is 1. The molecule has 1 fully saturated rings. The van der Waals surface area contributed by atoms with Crippen LogP contribution in [0.15, 0.2) is 42.6 Å². The molecule has 2 unspecified atom stereocenters. The summed E-state index contributed by atoms with van der Waals surface area (Å²) < 4.78 is 5.84. The van der Waals surface area contributed by atoms with Crippen molar-refractivity contribution in [2.75, 3.05) is 28.6 Å². The number of benzene rings is 1. The van der Waals surface area contributed by atoms with Gasteiger partial charge in [0.15, 0.2) is 0 Å². The van der Waals surface area contributed by atoms with Gasteiger partial charge in [-0.05, 0) is 38.5 Å². The van der Waals surface area contributed by atoms with E-state index in [2.05, 4.69) is 27.4 Å². The molecule has 0 saturated carbocycles. The van der Waals surface area contributed by atoms with E-state index < -0.39 is 5.91 Å². The molecule has 1 aromatic carbocycles. The first-order valence-electron chi connectivity index (χ1n) is 11.1. The van der Waals surface area contributed by atoms with Gasteiger partial charge in [-0.3, -0.25) is 4.79 Å². The van der Waals surface area contributed by atoms with Gasteiger partial charge in [0, 0.05) is 42.8 Å². The summed E-state index contributed by atoms with van der Waals surface area (Å²) in [6, 6.07) is 10.2. The van der Waals surface area contributed by atoms with Gasteiger partial charge in [-0.1, -0.05) is 36.2 Å². The van der Waals surface area contributed by atoms with E-state index in [1.54, 1.807) is 36.5 Å². The van der Waals surface area contributed by atoms with E-state index in [0.717, 1.165) is 25.2 Å². The topological polar surface area (TPSA) is 92.3 Å². The Bertz CT molecular complexity index is 1160. The lowest BCUT2D eigenvalue weighted by Gasteiger charge is -2.35. The minimum Gasteiger partial charge on any atom is -0.372 e. The van der Waals surface area contributed by atoms with Crippen LogP contribution in [0.2, 0.25) is 10.0 Å². The van der Waals surface area contributed by atoms with Gasteiger partial charge in [-0.2, -0.15) is 4.98 Å². The largest absolute Gasteiger partial charge is 0.372 e. The van der Waals surface area contributed by atoms with Crippen LogP contribution in [0, 0.1) is 0 Å².